The Morgan fingerprint density at radius 1 is 0.883 bits per heavy atom. The van der Waals surface area contributed by atoms with Gasteiger partial charge in [0.1, 0.15) is 17.5 Å². The number of carbonyl (C=O) groups excluding carboxylic acids is 5. The highest BCUT2D eigenvalue weighted by molar-refractivity contribution is 6.23. The van der Waals surface area contributed by atoms with Crippen LogP contribution in [0.4, 0.5) is 4.79 Å². The summed E-state index contributed by atoms with van der Waals surface area (Å²) in [6.07, 6.45) is 10.5. The zero-order valence-corrected chi connectivity index (χ0v) is 35.1. The third-order valence-corrected chi connectivity index (χ3v) is 11.2. The van der Waals surface area contributed by atoms with Gasteiger partial charge in [-0.2, -0.15) is 0 Å². The van der Waals surface area contributed by atoms with Crippen molar-refractivity contribution in [3.8, 4) is 22.6 Å². The Morgan fingerprint density at radius 2 is 1.52 bits per heavy atom. The molecule has 0 radical (unpaired) electrons. The Kier molecular flexibility index (Phi) is 15.6. The van der Waals surface area contributed by atoms with Gasteiger partial charge >= 0.3 is 6.03 Å². The third kappa shape index (κ3) is 10.4. The lowest BCUT2D eigenvalue weighted by Crippen LogP contribution is -2.54. The lowest BCUT2D eigenvalue weighted by atomic mass is 9.91. The van der Waals surface area contributed by atoms with Gasteiger partial charge in [0.05, 0.1) is 37.5 Å². The Morgan fingerprint density at radius 3 is 2.15 bits per heavy atom. The fraction of sp³-hybridized carbons (Fsp3) is 0.477. The predicted molar refractivity (Wildman–Crippen MR) is 223 cm³/mol. The van der Waals surface area contributed by atoms with E-state index >= 15 is 0 Å². The summed E-state index contributed by atoms with van der Waals surface area (Å²) in [5.41, 5.74) is 5.83. The van der Waals surface area contributed by atoms with Crippen LogP contribution in [0, 0.1) is 0 Å². The van der Waals surface area contributed by atoms with E-state index in [1.165, 1.54) is 0 Å². The zero-order chi connectivity index (χ0) is 43.5. The van der Waals surface area contributed by atoms with E-state index in [1.807, 2.05) is 38.5 Å². The van der Waals surface area contributed by atoms with Crippen molar-refractivity contribution in [2.45, 2.75) is 89.8 Å². The molecule has 1 aromatic heterocycles. The van der Waals surface area contributed by atoms with Crippen molar-refractivity contribution in [1.82, 2.24) is 29.9 Å². The number of aryl methyl sites for hydroxylation is 2. The standard InChI is InChI=1S/C43H54N6O8.CH2O2/c1-46(2)24-34-36(56-4)22-28(23-37(34)57-5)32-25-47(3)40(52)33-26-48(20-18-29(32)33)43(55)44-19-12-10-8-6-7-9-11-13-27-14-15-30-31(21-27)42(54)49(41(30)53)35-16-17-38(50)45-39(35)51;2-1-3/h14-15,21-23,25,35H,6-13,16-20,24,26H2,1-5H3,(H,44,55)(H,45,50,51);1H,(H,2,3). The molecule has 2 aromatic carbocycles. The molecule has 1 atom stereocenters. The molecule has 6 amide bonds. The summed E-state index contributed by atoms with van der Waals surface area (Å²) in [5, 5.41) is 12.2. The van der Waals surface area contributed by atoms with Crippen LogP contribution in [-0.4, -0.2) is 108 Å². The van der Waals surface area contributed by atoms with Gasteiger partial charge < -0.3 is 34.3 Å². The lowest BCUT2D eigenvalue weighted by molar-refractivity contribution is -0.136. The average Bonchev–Trinajstić information content (AvgIpc) is 3.47. The first kappa shape index (κ1) is 45.1. The van der Waals surface area contributed by atoms with E-state index in [1.54, 1.807) is 42.9 Å². The molecule has 1 saturated heterocycles. The summed E-state index contributed by atoms with van der Waals surface area (Å²) in [6, 6.07) is 8.16. The van der Waals surface area contributed by atoms with Crippen LogP contribution in [0.1, 0.15) is 101 Å². The second kappa shape index (κ2) is 20.8. The minimum atomic E-state index is -0.964. The number of urea groups is 1. The van der Waals surface area contributed by atoms with Gasteiger partial charge in [0.15, 0.2) is 0 Å². The molecule has 0 spiro atoms. The van der Waals surface area contributed by atoms with Crippen molar-refractivity contribution >= 4 is 36.1 Å². The Hall–Kier alpha value is -6.03. The summed E-state index contributed by atoms with van der Waals surface area (Å²) >= 11 is 0. The number of rotatable bonds is 16. The second-order valence-corrected chi connectivity index (χ2v) is 15.6. The van der Waals surface area contributed by atoms with Crippen LogP contribution in [0.2, 0.25) is 0 Å². The van der Waals surface area contributed by atoms with E-state index in [0.29, 0.717) is 54.2 Å². The molecule has 6 rings (SSSR count). The quantitative estimate of drug-likeness (QED) is 0.106. The highest BCUT2D eigenvalue weighted by Crippen LogP contribution is 2.38. The minimum Gasteiger partial charge on any atom is -0.496 e. The normalized spacial score (nSPS) is 15.9. The predicted octanol–water partition coefficient (Wildman–Crippen LogP) is 4.27. The number of fused-ring (bicyclic) bond motifs is 2. The zero-order valence-electron chi connectivity index (χ0n) is 35.1. The number of amides is 6. The molecule has 0 aliphatic carbocycles. The fourth-order valence-electron chi connectivity index (χ4n) is 8.15. The first-order chi connectivity index (χ1) is 28.8. The van der Waals surface area contributed by atoms with Crippen LogP contribution in [0.25, 0.3) is 11.1 Å². The van der Waals surface area contributed by atoms with Crippen LogP contribution < -0.4 is 25.7 Å². The molecular formula is C44H56N6O10. The number of ether oxygens (including phenoxy) is 2. The summed E-state index contributed by atoms with van der Waals surface area (Å²) < 4.78 is 13.1. The average molecular weight is 829 g/mol. The number of benzene rings is 2. The number of piperidine rings is 1. The maximum Gasteiger partial charge on any atom is 0.317 e. The van der Waals surface area contributed by atoms with Crippen molar-refractivity contribution in [1.29, 1.82) is 0 Å². The first-order valence-electron chi connectivity index (χ1n) is 20.4. The van der Waals surface area contributed by atoms with Crippen LogP contribution >= 0.6 is 0 Å². The number of methoxy groups -OCH3 is 2. The molecule has 16 nitrogen and oxygen atoms in total. The number of carboxylic acid groups (broad SMARTS) is 1. The van der Waals surface area contributed by atoms with Crippen molar-refractivity contribution in [3.63, 3.8) is 0 Å². The molecule has 3 aliphatic heterocycles. The SMILES string of the molecule is COc1cc(-c2cn(C)c(=O)c3c2CCN(C(=O)NCCCCCCCCCc2ccc4c(c2)C(=O)N(C2CCC(=O)NC2=O)C4=O)C3)cc(OC)c1CN(C)C.O=CO. The number of unbranched alkanes of at least 4 members (excludes halogenated alkanes) is 6. The smallest absolute Gasteiger partial charge is 0.317 e. The lowest BCUT2D eigenvalue weighted by Gasteiger charge is -2.30. The van der Waals surface area contributed by atoms with Gasteiger partial charge in [0.25, 0.3) is 23.8 Å². The minimum absolute atomic E-state index is 0.0919. The Labute approximate surface area is 349 Å². The molecule has 1 unspecified atom stereocenters. The van der Waals surface area contributed by atoms with Gasteiger partial charge in [0, 0.05) is 50.4 Å². The molecule has 3 aliphatic rings. The number of carbonyl (C=O) groups is 6. The topological polar surface area (TPSA) is 197 Å². The van der Waals surface area contributed by atoms with Crippen molar-refractivity contribution in [3.05, 3.63) is 80.3 Å². The molecular weight excluding hydrogens is 773 g/mol. The largest absolute Gasteiger partial charge is 0.496 e. The number of nitrogens with one attached hydrogen (secondary N) is 2. The molecule has 1 fully saturated rings. The molecule has 0 bridgehead atoms. The van der Waals surface area contributed by atoms with Crippen molar-refractivity contribution < 1.29 is 43.3 Å². The highest BCUT2D eigenvalue weighted by atomic mass is 16.5. The van der Waals surface area contributed by atoms with E-state index < -0.39 is 29.7 Å². The van der Waals surface area contributed by atoms with Gasteiger partial charge in [-0.3, -0.25) is 39.0 Å². The van der Waals surface area contributed by atoms with Crippen LogP contribution in [-0.2, 0) is 47.4 Å². The second-order valence-electron chi connectivity index (χ2n) is 15.6. The highest BCUT2D eigenvalue weighted by Gasteiger charge is 2.44. The van der Waals surface area contributed by atoms with Gasteiger partial charge in [0.2, 0.25) is 11.8 Å². The van der Waals surface area contributed by atoms with Crippen LogP contribution in [0.15, 0.2) is 41.3 Å². The molecule has 16 heteroatoms. The summed E-state index contributed by atoms with van der Waals surface area (Å²) in [7, 11) is 9.01. The molecule has 4 heterocycles. The Bertz CT molecular complexity index is 2140. The van der Waals surface area contributed by atoms with E-state index in [0.717, 1.165) is 84.1 Å². The van der Waals surface area contributed by atoms with Crippen LogP contribution in [0.3, 0.4) is 0 Å². The van der Waals surface area contributed by atoms with Gasteiger partial charge in [-0.25, -0.2) is 4.79 Å². The van der Waals surface area contributed by atoms with E-state index in [-0.39, 0.29) is 37.4 Å². The summed E-state index contributed by atoms with van der Waals surface area (Å²) in [5.74, 6) is -0.547. The molecule has 60 heavy (non-hydrogen) atoms. The van der Waals surface area contributed by atoms with Gasteiger partial charge in [-0.1, -0.05) is 38.2 Å². The van der Waals surface area contributed by atoms with E-state index in [9.17, 15) is 28.8 Å². The molecule has 322 valence electrons. The first-order valence-corrected chi connectivity index (χ1v) is 20.4. The number of aromatic nitrogens is 1. The molecule has 3 N–H and O–H groups in total. The third-order valence-electron chi connectivity index (χ3n) is 11.2. The fourth-order valence-corrected chi connectivity index (χ4v) is 8.15. The summed E-state index contributed by atoms with van der Waals surface area (Å²) in [6.45, 7) is 1.72. The number of imide groups is 2. The van der Waals surface area contributed by atoms with Crippen molar-refractivity contribution in [2.75, 3.05) is 41.4 Å². The number of hydrogen-bond acceptors (Lipinski definition) is 10. The summed E-state index contributed by atoms with van der Waals surface area (Å²) in [4.78, 5) is 89.6. The maximum absolute atomic E-state index is 13.3. The van der Waals surface area contributed by atoms with E-state index in [4.69, 9.17) is 19.4 Å². The maximum atomic E-state index is 13.3. The molecule has 3 aromatic rings. The van der Waals surface area contributed by atoms with E-state index in [2.05, 4.69) is 15.5 Å². The van der Waals surface area contributed by atoms with Gasteiger partial charge in [-0.15, -0.1) is 0 Å². The monoisotopic (exact) mass is 828 g/mol. The number of pyridine rings is 1. The number of hydrogen-bond donors (Lipinski definition) is 3. The van der Waals surface area contributed by atoms with Crippen molar-refractivity contribution in [2.24, 2.45) is 7.05 Å². The van der Waals surface area contributed by atoms with Crippen LogP contribution in [0.5, 0.6) is 11.5 Å². The molecule has 0 saturated carbocycles. The van der Waals surface area contributed by atoms with Gasteiger partial charge in [-0.05, 0) is 87.2 Å². The number of nitrogens with zero attached hydrogens (tertiary/aromatic N) is 4. The Balaban J connectivity index is 0.00000221.